The Labute approximate surface area is 79.2 Å². The number of hydrogen-bond donors (Lipinski definition) is 2. The molecule has 0 radical (unpaired) electrons. The molecule has 0 aromatic carbocycles. The third-order valence-electron chi connectivity index (χ3n) is 1.53. The Kier molecular flexibility index (Phi) is 6.18. The zero-order chi connectivity index (χ0) is 10.3. The van der Waals surface area contributed by atoms with Gasteiger partial charge in [-0.1, -0.05) is 6.08 Å². The zero-order valence-corrected chi connectivity index (χ0v) is 8.29. The Morgan fingerprint density at radius 3 is 2.85 bits per heavy atom. The van der Waals surface area contributed by atoms with Crippen molar-refractivity contribution in [3.8, 4) is 0 Å². The largest absolute Gasteiger partial charge is 0.392 e. The molecular weight excluding hydrogens is 168 g/mol. The molecule has 0 bridgehead atoms. The molecule has 13 heavy (non-hydrogen) atoms. The molecule has 0 fully saturated rings. The minimum absolute atomic E-state index is 0.0252. The first kappa shape index (κ1) is 12.1. The van der Waals surface area contributed by atoms with Crippen LogP contribution < -0.4 is 5.32 Å². The van der Waals surface area contributed by atoms with Gasteiger partial charge in [0.25, 0.3) is 0 Å². The van der Waals surface area contributed by atoms with Crippen molar-refractivity contribution >= 4 is 5.91 Å². The van der Waals surface area contributed by atoms with Crippen molar-refractivity contribution in [3.05, 3.63) is 12.7 Å². The topological polar surface area (TPSA) is 52.6 Å². The van der Waals surface area contributed by atoms with Crippen molar-refractivity contribution in [2.45, 2.75) is 13.0 Å². The van der Waals surface area contributed by atoms with E-state index in [-0.39, 0.29) is 12.5 Å². The number of carbonyl (C=O) groups excluding carboxylic acids is 1. The molecule has 0 aliphatic heterocycles. The standard InChI is InChI=1S/C9H18N2O2/c1-4-5-10-6-9(13)11(3)7-8(2)12/h4,8,10,12H,1,5-7H2,2-3H3. The van der Waals surface area contributed by atoms with Gasteiger partial charge in [0, 0.05) is 20.1 Å². The van der Waals surface area contributed by atoms with E-state index >= 15 is 0 Å². The van der Waals surface area contributed by atoms with Gasteiger partial charge in [-0.3, -0.25) is 4.79 Å². The van der Waals surface area contributed by atoms with Crippen molar-refractivity contribution in [3.63, 3.8) is 0 Å². The maximum atomic E-state index is 11.3. The van der Waals surface area contributed by atoms with Crippen LogP contribution >= 0.6 is 0 Å². The molecule has 0 saturated heterocycles. The van der Waals surface area contributed by atoms with Crippen molar-refractivity contribution in [1.29, 1.82) is 0 Å². The van der Waals surface area contributed by atoms with E-state index in [1.54, 1.807) is 20.0 Å². The Hall–Kier alpha value is -0.870. The highest BCUT2D eigenvalue weighted by atomic mass is 16.3. The SMILES string of the molecule is C=CCNCC(=O)N(C)CC(C)O. The van der Waals surface area contributed by atoms with Crippen LogP contribution in [0.2, 0.25) is 0 Å². The Morgan fingerprint density at radius 2 is 2.38 bits per heavy atom. The summed E-state index contributed by atoms with van der Waals surface area (Å²) in [6.45, 7) is 6.45. The Morgan fingerprint density at radius 1 is 1.77 bits per heavy atom. The second-order valence-corrected chi connectivity index (χ2v) is 3.04. The second kappa shape index (κ2) is 6.62. The molecule has 0 spiro atoms. The van der Waals surface area contributed by atoms with Crippen molar-refractivity contribution in [2.75, 3.05) is 26.7 Å². The molecule has 0 aliphatic rings. The number of aliphatic hydroxyl groups is 1. The van der Waals surface area contributed by atoms with Gasteiger partial charge in [-0.2, -0.15) is 0 Å². The molecule has 0 aromatic heterocycles. The molecule has 1 atom stereocenters. The van der Waals surface area contributed by atoms with Crippen LogP contribution in [0.1, 0.15) is 6.92 Å². The number of hydrogen-bond acceptors (Lipinski definition) is 3. The smallest absolute Gasteiger partial charge is 0.236 e. The first-order valence-corrected chi connectivity index (χ1v) is 4.31. The molecule has 4 heteroatoms. The fourth-order valence-electron chi connectivity index (χ4n) is 0.914. The lowest BCUT2D eigenvalue weighted by atomic mass is 10.3. The van der Waals surface area contributed by atoms with E-state index in [2.05, 4.69) is 11.9 Å². The number of nitrogens with one attached hydrogen (secondary N) is 1. The van der Waals surface area contributed by atoms with Gasteiger partial charge in [0.15, 0.2) is 0 Å². The van der Waals surface area contributed by atoms with Crippen LogP contribution in [-0.2, 0) is 4.79 Å². The van der Waals surface area contributed by atoms with Crippen LogP contribution in [0.4, 0.5) is 0 Å². The molecule has 4 nitrogen and oxygen atoms in total. The number of aliphatic hydroxyl groups excluding tert-OH is 1. The van der Waals surface area contributed by atoms with Crippen LogP contribution in [0.5, 0.6) is 0 Å². The third kappa shape index (κ3) is 6.31. The average Bonchev–Trinajstić information content (AvgIpc) is 2.03. The molecule has 1 unspecified atom stereocenters. The fourth-order valence-corrected chi connectivity index (χ4v) is 0.914. The quantitative estimate of drug-likeness (QED) is 0.438. The maximum Gasteiger partial charge on any atom is 0.236 e. The lowest BCUT2D eigenvalue weighted by Gasteiger charge is -2.18. The van der Waals surface area contributed by atoms with E-state index in [9.17, 15) is 4.79 Å². The first-order valence-electron chi connectivity index (χ1n) is 4.31. The zero-order valence-electron chi connectivity index (χ0n) is 8.29. The summed E-state index contributed by atoms with van der Waals surface area (Å²) < 4.78 is 0. The van der Waals surface area contributed by atoms with Gasteiger partial charge < -0.3 is 15.3 Å². The molecule has 0 saturated carbocycles. The van der Waals surface area contributed by atoms with E-state index in [1.165, 1.54) is 4.90 Å². The van der Waals surface area contributed by atoms with Crippen LogP contribution in [0.25, 0.3) is 0 Å². The summed E-state index contributed by atoms with van der Waals surface area (Å²) in [5.41, 5.74) is 0. The number of carbonyl (C=O) groups is 1. The number of likely N-dealkylation sites (N-methyl/N-ethyl adjacent to an activating group) is 1. The molecule has 1 amide bonds. The normalized spacial score (nSPS) is 12.2. The van der Waals surface area contributed by atoms with Gasteiger partial charge >= 0.3 is 0 Å². The van der Waals surface area contributed by atoms with Crippen molar-refractivity contribution in [2.24, 2.45) is 0 Å². The molecule has 0 heterocycles. The molecule has 0 aliphatic carbocycles. The van der Waals surface area contributed by atoms with Crippen LogP contribution in [0.3, 0.4) is 0 Å². The summed E-state index contributed by atoms with van der Waals surface area (Å²) in [5.74, 6) is -0.0252. The molecule has 76 valence electrons. The van der Waals surface area contributed by atoms with Gasteiger partial charge in [0.05, 0.1) is 12.6 Å². The number of nitrogens with zero attached hydrogens (tertiary/aromatic N) is 1. The Bertz CT molecular complexity index is 169. The first-order chi connectivity index (χ1) is 6.07. The van der Waals surface area contributed by atoms with E-state index < -0.39 is 6.10 Å². The summed E-state index contributed by atoms with van der Waals surface area (Å²) in [6, 6.07) is 0. The molecule has 2 N–H and O–H groups in total. The third-order valence-corrected chi connectivity index (χ3v) is 1.53. The molecule has 0 aromatic rings. The van der Waals surface area contributed by atoms with Gasteiger partial charge in [-0.05, 0) is 6.92 Å². The van der Waals surface area contributed by atoms with E-state index in [4.69, 9.17) is 5.11 Å². The number of amides is 1. The van der Waals surface area contributed by atoms with E-state index in [0.29, 0.717) is 13.1 Å². The van der Waals surface area contributed by atoms with E-state index in [0.717, 1.165) is 0 Å². The van der Waals surface area contributed by atoms with Gasteiger partial charge in [-0.25, -0.2) is 0 Å². The summed E-state index contributed by atoms with van der Waals surface area (Å²) >= 11 is 0. The summed E-state index contributed by atoms with van der Waals surface area (Å²) in [5, 5.41) is 11.9. The maximum absolute atomic E-state index is 11.3. The van der Waals surface area contributed by atoms with Crippen LogP contribution in [0, 0.1) is 0 Å². The van der Waals surface area contributed by atoms with Crippen LogP contribution in [0.15, 0.2) is 12.7 Å². The van der Waals surface area contributed by atoms with Gasteiger partial charge in [0.1, 0.15) is 0 Å². The minimum atomic E-state index is -0.478. The lowest BCUT2D eigenvalue weighted by Crippen LogP contribution is -2.39. The van der Waals surface area contributed by atoms with E-state index in [1.807, 2.05) is 0 Å². The van der Waals surface area contributed by atoms with Crippen LogP contribution in [-0.4, -0.2) is 48.7 Å². The minimum Gasteiger partial charge on any atom is -0.392 e. The van der Waals surface area contributed by atoms with Crippen molar-refractivity contribution in [1.82, 2.24) is 10.2 Å². The summed E-state index contributed by atoms with van der Waals surface area (Å²) in [4.78, 5) is 12.8. The summed E-state index contributed by atoms with van der Waals surface area (Å²) in [7, 11) is 1.67. The molecule has 0 rings (SSSR count). The second-order valence-electron chi connectivity index (χ2n) is 3.04. The highest BCUT2D eigenvalue weighted by molar-refractivity contribution is 5.77. The Balaban J connectivity index is 3.62. The predicted octanol–water partition coefficient (Wildman–Crippen LogP) is -0.399. The highest BCUT2D eigenvalue weighted by Crippen LogP contribution is 1.88. The van der Waals surface area contributed by atoms with Gasteiger partial charge in [0.2, 0.25) is 5.91 Å². The average molecular weight is 186 g/mol. The lowest BCUT2D eigenvalue weighted by molar-refractivity contribution is -0.130. The summed E-state index contributed by atoms with van der Waals surface area (Å²) in [6.07, 6.45) is 1.22. The highest BCUT2D eigenvalue weighted by Gasteiger charge is 2.09. The number of rotatable bonds is 6. The van der Waals surface area contributed by atoms with Crippen molar-refractivity contribution < 1.29 is 9.90 Å². The monoisotopic (exact) mass is 186 g/mol. The fraction of sp³-hybridized carbons (Fsp3) is 0.667. The predicted molar refractivity (Wildman–Crippen MR) is 52.4 cm³/mol. The van der Waals surface area contributed by atoms with Gasteiger partial charge in [-0.15, -0.1) is 6.58 Å². The molecular formula is C9H18N2O2.